The van der Waals surface area contributed by atoms with Crippen LogP contribution in [0.2, 0.25) is 0 Å². The molecule has 0 bridgehead atoms. The van der Waals surface area contributed by atoms with E-state index in [1.807, 2.05) is 13.8 Å². The summed E-state index contributed by atoms with van der Waals surface area (Å²) in [6.45, 7) is 8.40. The van der Waals surface area contributed by atoms with Crippen molar-refractivity contribution in [2.45, 2.75) is 39.3 Å². The van der Waals surface area contributed by atoms with Crippen molar-refractivity contribution in [3.05, 3.63) is 35.4 Å². The predicted octanol–water partition coefficient (Wildman–Crippen LogP) is 2.42. The van der Waals surface area contributed by atoms with Gasteiger partial charge in [-0.25, -0.2) is 0 Å². The maximum absolute atomic E-state index is 9.60. The van der Waals surface area contributed by atoms with Crippen molar-refractivity contribution in [3.63, 3.8) is 0 Å². The second-order valence-electron chi connectivity index (χ2n) is 4.83. The fourth-order valence-electron chi connectivity index (χ4n) is 1.38. The van der Waals surface area contributed by atoms with Gasteiger partial charge in [0.15, 0.2) is 0 Å². The van der Waals surface area contributed by atoms with Gasteiger partial charge in [0.05, 0.1) is 5.60 Å². The number of hydrogen-bond acceptors (Lipinski definition) is 2. The highest BCUT2D eigenvalue weighted by Gasteiger charge is 2.14. The van der Waals surface area contributed by atoms with E-state index in [0.717, 1.165) is 0 Å². The molecular weight excluding hydrogens is 186 g/mol. The Balaban J connectivity index is 2.54. The molecule has 0 aromatic heterocycles. The number of aliphatic hydroxyl groups is 1. The predicted molar refractivity (Wildman–Crippen MR) is 63.9 cm³/mol. The molecule has 2 heteroatoms. The van der Waals surface area contributed by atoms with Crippen molar-refractivity contribution in [2.75, 3.05) is 6.54 Å². The van der Waals surface area contributed by atoms with Crippen molar-refractivity contribution in [1.82, 2.24) is 5.32 Å². The van der Waals surface area contributed by atoms with Crippen molar-refractivity contribution < 1.29 is 5.11 Å². The summed E-state index contributed by atoms with van der Waals surface area (Å²) in [6, 6.07) is 8.74. The highest BCUT2D eigenvalue weighted by Crippen LogP contribution is 2.13. The molecule has 0 spiro atoms. The minimum Gasteiger partial charge on any atom is -0.389 e. The quantitative estimate of drug-likeness (QED) is 0.794. The number of aryl methyl sites for hydroxylation is 1. The van der Waals surface area contributed by atoms with Gasteiger partial charge in [-0.2, -0.15) is 0 Å². The lowest BCUT2D eigenvalue weighted by atomic mass is 10.1. The average Bonchev–Trinajstić information content (AvgIpc) is 2.14. The van der Waals surface area contributed by atoms with Gasteiger partial charge >= 0.3 is 0 Å². The number of nitrogens with one attached hydrogen (secondary N) is 1. The number of benzene rings is 1. The van der Waals surface area contributed by atoms with Gasteiger partial charge in [0.2, 0.25) is 0 Å². The van der Waals surface area contributed by atoms with Crippen molar-refractivity contribution in [1.29, 1.82) is 0 Å². The molecule has 1 aromatic carbocycles. The van der Waals surface area contributed by atoms with E-state index in [2.05, 4.69) is 43.4 Å². The Bertz CT molecular complexity index is 297. The first kappa shape index (κ1) is 12.2. The van der Waals surface area contributed by atoms with Gasteiger partial charge < -0.3 is 10.4 Å². The maximum Gasteiger partial charge on any atom is 0.0715 e. The van der Waals surface area contributed by atoms with Crippen LogP contribution in [0.3, 0.4) is 0 Å². The van der Waals surface area contributed by atoms with Gasteiger partial charge in [0.1, 0.15) is 0 Å². The van der Waals surface area contributed by atoms with Crippen LogP contribution in [0.5, 0.6) is 0 Å². The summed E-state index contributed by atoms with van der Waals surface area (Å²) in [4.78, 5) is 0. The smallest absolute Gasteiger partial charge is 0.0715 e. The summed E-state index contributed by atoms with van der Waals surface area (Å²) in [5.41, 5.74) is 1.87. The largest absolute Gasteiger partial charge is 0.389 e. The molecular formula is C13H21NO. The Labute approximate surface area is 92.3 Å². The zero-order valence-electron chi connectivity index (χ0n) is 10.0. The second-order valence-corrected chi connectivity index (χ2v) is 4.83. The van der Waals surface area contributed by atoms with Crippen molar-refractivity contribution in [3.8, 4) is 0 Å². The summed E-state index contributed by atoms with van der Waals surface area (Å²) >= 11 is 0. The fraction of sp³-hybridized carbons (Fsp3) is 0.538. The van der Waals surface area contributed by atoms with Gasteiger partial charge in [-0.3, -0.25) is 0 Å². The SMILES string of the molecule is Cc1ccc([C@@H](C)NCC(C)(C)O)cc1. The van der Waals surface area contributed by atoms with Crippen molar-refractivity contribution >= 4 is 0 Å². The van der Waals surface area contributed by atoms with E-state index in [9.17, 15) is 5.11 Å². The Kier molecular flexibility index (Phi) is 3.89. The standard InChI is InChI=1S/C13H21NO/c1-10-5-7-12(8-6-10)11(2)14-9-13(3,4)15/h5-8,11,14-15H,9H2,1-4H3/t11-/m1/s1. The molecule has 1 rings (SSSR count). The van der Waals surface area contributed by atoms with E-state index in [0.29, 0.717) is 6.54 Å². The highest BCUT2D eigenvalue weighted by molar-refractivity contribution is 5.23. The Morgan fingerprint density at radius 3 is 2.27 bits per heavy atom. The topological polar surface area (TPSA) is 32.3 Å². The van der Waals surface area contributed by atoms with E-state index in [-0.39, 0.29) is 6.04 Å². The van der Waals surface area contributed by atoms with Gasteiger partial charge in [0.25, 0.3) is 0 Å². The zero-order chi connectivity index (χ0) is 11.5. The van der Waals surface area contributed by atoms with Crippen LogP contribution in [0.4, 0.5) is 0 Å². The molecule has 1 aromatic rings. The molecule has 0 amide bonds. The Morgan fingerprint density at radius 1 is 1.27 bits per heavy atom. The molecule has 15 heavy (non-hydrogen) atoms. The average molecular weight is 207 g/mol. The third-order valence-electron chi connectivity index (χ3n) is 2.42. The lowest BCUT2D eigenvalue weighted by Gasteiger charge is -2.22. The third kappa shape index (κ3) is 4.45. The molecule has 0 heterocycles. The molecule has 0 aliphatic heterocycles. The molecule has 0 radical (unpaired) electrons. The Hall–Kier alpha value is -0.860. The lowest BCUT2D eigenvalue weighted by molar-refractivity contribution is 0.0770. The summed E-state index contributed by atoms with van der Waals surface area (Å²) < 4.78 is 0. The van der Waals surface area contributed by atoms with Crippen molar-refractivity contribution in [2.24, 2.45) is 0 Å². The van der Waals surface area contributed by atoms with E-state index >= 15 is 0 Å². The molecule has 0 aliphatic rings. The summed E-state index contributed by atoms with van der Waals surface area (Å²) in [6.07, 6.45) is 0. The van der Waals surface area contributed by atoms with Crippen LogP contribution < -0.4 is 5.32 Å². The molecule has 0 saturated carbocycles. The second kappa shape index (κ2) is 4.77. The molecule has 2 nitrogen and oxygen atoms in total. The van der Waals surface area contributed by atoms with Crippen LogP contribution in [0.1, 0.15) is 37.9 Å². The first-order chi connectivity index (χ1) is 6.88. The highest BCUT2D eigenvalue weighted by atomic mass is 16.3. The molecule has 0 aliphatic carbocycles. The van der Waals surface area contributed by atoms with E-state index in [1.54, 1.807) is 0 Å². The first-order valence-corrected chi connectivity index (χ1v) is 5.41. The summed E-state index contributed by atoms with van der Waals surface area (Å²) in [5.74, 6) is 0. The molecule has 0 unspecified atom stereocenters. The molecule has 1 atom stereocenters. The van der Waals surface area contributed by atoms with Gasteiger partial charge in [-0.15, -0.1) is 0 Å². The normalized spacial score (nSPS) is 13.9. The molecule has 84 valence electrons. The number of hydrogen-bond donors (Lipinski definition) is 2. The molecule has 0 fully saturated rings. The van der Waals surface area contributed by atoms with E-state index in [1.165, 1.54) is 11.1 Å². The van der Waals surface area contributed by atoms with Crippen LogP contribution in [0, 0.1) is 6.92 Å². The molecule has 2 N–H and O–H groups in total. The first-order valence-electron chi connectivity index (χ1n) is 5.41. The van der Waals surface area contributed by atoms with Crippen LogP contribution in [-0.2, 0) is 0 Å². The number of rotatable bonds is 4. The van der Waals surface area contributed by atoms with Crippen LogP contribution in [-0.4, -0.2) is 17.3 Å². The van der Waals surface area contributed by atoms with Gasteiger partial charge in [0, 0.05) is 12.6 Å². The minimum absolute atomic E-state index is 0.275. The third-order valence-corrected chi connectivity index (χ3v) is 2.42. The summed E-state index contributed by atoms with van der Waals surface area (Å²) in [5, 5.41) is 12.9. The minimum atomic E-state index is -0.654. The van der Waals surface area contributed by atoms with Gasteiger partial charge in [-0.1, -0.05) is 29.8 Å². The van der Waals surface area contributed by atoms with Crippen LogP contribution >= 0.6 is 0 Å². The van der Waals surface area contributed by atoms with Gasteiger partial charge in [-0.05, 0) is 33.3 Å². The van der Waals surface area contributed by atoms with E-state index in [4.69, 9.17) is 0 Å². The monoisotopic (exact) mass is 207 g/mol. The Morgan fingerprint density at radius 2 is 1.80 bits per heavy atom. The molecule has 0 saturated heterocycles. The lowest BCUT2D eigenvalue weighted by Crippen LogP contribution is -2.36. The fourth-order valence-corrected chi connectivity index (χ4v) is 1.38. The zero-order valence-corrected chi connectivity index (χ0v) is 10.0. The summed E-state index contributed by atoms with van der Waals surface area (Å²) in [7, 11) is 0. The van der Waals surface area contributed by atoms with Crippen LogP contribution in [0.25, 0.3) is 0 Å². The van der Waals surface area contributed by atoms with Crippen LogP contribution in [0.15, 0.2) is 24.3 Å². The van der Waals surface area contributed by atoms with E-state index < -0.39 is 5.60 Å². The maximum atomic E-state index is 9.60.